The number of rotatable bonds is 7. The van der Waals surface area contributed by atoms with Gasteiger partial charge >= 0.3 is 18.9 Å². The number of aromatic nitrogens is 2. The summed E-state index contributed by atoms with van der Waals surface area (Å²) in [5, 5.41) is 8.51. The van der Waals surface area contributed by atoms with E-state index in [9.17, 15) is 26.7 Å². The summed E-state index contributed by atoms with van der Waals surface area (Å²) in [5.41, 5.74) is -1.41. The van der Waals surface area contributed by atoms with Crippen LogP contribution in [0.4, 0.5) is 38.4 Å². The van der Waals surface area contributed by atoms with Crippen LogP contribution in [-0.2, 0) is 10.9 Å². The molecule has 1 atom stereocenters. The number of hydrogen-bond acceptors (Lipinski definition) is 7. The molecule has 196 valence electrons. The number of amides is 1. The summed E-state index contributed by atoms with van der Waals surface area (Å²) in [6.07, 6.45) is -1.93. The number of nitrogens with one attached hydrogen (secondary N) is 3. The van der Waals surface area contributed by atoms with Crippen molar-refractivity contribution in [2.45, 2.75) is 45.5 Å². The zero-order valence-corrected chi connectivity index (χ0v) is 19.8. The molecule has 0 spiro atoms. The van der Waals surface area contributed by atoms with Gasteiger partial charge in [0.15, 0.2) is 5.75 Å². The molecule has 1 fully saturated rings. The zero-order chi connectivity index (χ0) is 26.5. The third kappa shape index (κ3) is 6.39. The lowest BCUT2D eigenvalue weighted by molar-refractivity contribution is -0.138. The van der Waals surface area contributed by atoms with Crippen molar-refractivity contribution >= 4 is 23.3 Å². The molecule has 1 saturated heterocycles. The van der Waals surface area contributed by atoms with Gasteiger partial charge in [-0.2, -0.15) is 22.0 Å². The molecule has 0 saturated carbocycles. The molecule has 3 N–H and O–H groups in total. The minimum Gasteiger partial charge on any atom is -0.453 e. The monoisotopic (exact) mass is 515 g/mol. The average molecular weight is 515 g/mol. The largest absolute Gasteiger partial charge is 0.453 e. The highest BCUT2D eigenvalue weighted by Gasteiger charge is 2.37. The smallest absolute Gasteiger partial charge is 0.419 e. The second-order valence-corrected chi connectivity index (χ2v) is 7.95. The first-order valence-electron chi connectivity index (χ1n) is 11.1. The van der Waals surface area contributed by atoms with Gasteiger partial charge in [-0.05, 0) is 44.9 Å². The molecular formula is C23H26F5N5O3. The number of anilines is 2. The molecule has 0 bridgehead atoms. The lowest BCUT2D eigenvalue weighted by atomic mass is 9.94. The van der Waals surface area contributed by atoms with Crippen molar-refractivity contribution in [1.29, 1.82) is 0 Å². The Morgan fingerprint density at radius 3 is 2.64 bits per heavy atom. The Morgan fingerprint density at radius 1 is 1.31 bits per heavy atom. The van der Waals surface area contributed by atoms with Crippen LogP contribution in [0.25, 0.3) is 5.57 Å². The van der Waals surface area contributed by atoms with E-state index in [1.54, 1.807) is 0 Å². The number of piperidine rings is 1. The SMILES string of the molecule is C/C=C(\c1ccc(NC(=O)OC)c(OC(F)F)c1C)c1nc(N[C@H]2CCCNC2)ncc1C(F)(F)F. The Bertz CT molecular complexity index is 1120. The van der Waals surface area contributed by atoms with Crippen LogP contribution in [0.2, 0.25) is 0 Å². The van der Waals surface area contributed by atoms with Gasteiger partial charge in [-0.25, -0.2) is 14.8 Å². The third-order valence-electron chi connectivity index (χ3n) is 5.59. The summed E-state index contributed by atoms with van der Waals surface area (Å²) in [7, 11) is 1.09. The van der Waals surface area contributed by atoms with E-state index in [4.69, 9.17) is 0 Å². The molecule has 0 unspecified atom stereocenters. The predicted octanol–water partition coefficient (Wildman–Crippen LogP) is 5.20. The molecule has 0 radical (unpaired) electrons. The molecular weight excluding hydrogens is 489 g/mol. The predicted molar refractivity (Wildman–Crippen MR) is 123 cm³/mol. The summed E-state index contributed by atoms with van der Waals surface area (Å²) in [5.74, 6) is -0.404. The molecule has 2 aromatic rings. The van der Waals surface area contributed by atoms with Gasteiger partial charge in [0.05, 0.1) is 18.5 Å². The maximum Gasteiger partial charge on any atom is 0.419 e. The fraction of sp³-hybridized carbons (Fsp3) is 0.435. The molecule has 36 heavy (non-hydrogen) atoms. The number of halogens is 5. The van der Waals surface area contributed by atoms with Gasteiger partial charge < -0.3 is 20.1 Å². The van der Waals surface area contributed by atoms with Crippen LogP contribution in [0.1, 0.15) is 42.1 Å². The normalized spacial score (nSPS) is 16.6. The molecule has 1 aliphatic heterocycles. The summed E-state index contributed by atoms with van der Waals surface area (Å²) in [4.78, 5) is 19.7. The number of carbonyl (C=O) groups excluding carboxylic acids is 1. The van der Waals surface area contributed by atoms with Gasteiger partial charge in [-0.1, -0.05) is 12.1 Å². The van der Waals surface area contributed by atoms with Gasteiger partial charge in [0.1, 0.15) is 5.56 Å². The average Bonchev–Trinajstić information content (AvgIpc) is 2.83. The van der Waals surface area contributed by atoms with E-state index in [0.717, 1.165) is 26.5 Å². The number of allylic oxidation sites excluding steroid dienone is 1. The molecule has 1 aromatic carbocycles. The van der Waals surface area contributed by atoms with Crippen LogP contribution >= 0.6 is 0 Å². The maximum atomic E-state index is 13.9. The Labute approximate surface area is 204 Å². The summed E-state index contributed by atoms with van der Waals surface area (Å²) < 4.78 is 77.2. The summed E-state index contributed by atoms with van der Waals surface area (Å²) in [6.45, 7) is 1.10. The molecule has 1 aliphatic rings. The van der Waals surface area contributed by atoms with Crippen LogP contribution in [0, 0.1) is 6.92 Å². The first-order valence-corrected chi connectivity index (χ1v) is 11.1. The van der Waals surface area contributed by atoms with Crippen molar-refractivity contribution in [3.05, 3.63) is 46.8 Å². The topological polar surface area (TPSA) is 97.4 Å². The van der Waals surface area contributed by atoms with E-state index in [0.29, 0.717) is 12.7 Å². The van der Waals surface area contributed by atoms with Gasteiger partial charge in [0, 0.05) is 29.9 Å². The molecule has 1 aromatic heterocycles. The minimum absolute atomic E-state index is 0.0109. The van der Waals surface area contributed by atoms with Gasteiger partial charge in [-0.15, -0.1) is 0 Å². The standard InChI is InChI=1S/C23H26F5N5O3/c1-4-14(15-7-8-17(32-22(34)35-3)19(12(15)2)36-20(24)25)18-16(23(26,27)28)11-30-21(33-18)31-13-6-5-9-29-10-13/h4,7-8,11,13,20,29H,5-6,9-10H2,1-3H3,(H,32,34)(H,30,31,33)/b14-4+/t13-/m0/s1. The van der Waals surface area contributed by atoms with Crippen LogP contribution in [-0.4, -0.2) is 48.9 Å². The quantitative estimate of drug-likeness (QED) is 0.436. The zero-order valence-electron chi connectivity index (χ0n) is 19.8. The van der Waals surface area contributed by atoms with E-state index in [1.807, 2.05) is 0 Å². The lowest BCUT2D eigenvalue weighted by Gasteiger charge is -2.24. The number of alkyl halides is 5. The van der Waals surface area contributed by atoms with Crippen LogP contribution in [0.3, 0.4) is 0 Å². The summed E-state index contributed by atoms with van der Waals surface area (Å²) in [6, 6.07) is 2.56. The first kappa shape index (κ1) is 27.1. The molecule has 1 amide bonds. The highest BCUT2D eigenvalue weighted by atomic mass is 19.4. The van der Waals surface area contributed by atoms with E-state index < -0.39 is 35.9 Å². The maximum absolute atomic E-state index is 13.9. The van der Waals surface area contributed by atoms with Crippen LogP contribution in [0.5, 0.6) is 5.75 Å². The van der Waals surface area contributed by atoms with Crippen LogP contribution < -0.4 is 20.7 Å². The van der Waals surface area contributed by atoms with Crippen molar-refractivity contribution in [3.8, 4) is 5.75 Å². The lowest BCUT2D eigenvalue weighted by Crippen LogP contribution is -2.38. The van der Waals surface area contributed by atoms with Crippen LogP contribution in [0.15, 0.2) is 24.4 Å². The van der Waals surface area contributed by atoms with Crippen molar-refractivity contribution < 1.29 is 36.2 Å². The number of hydrogen-bond donors (Lipinski definition) is 3. The molecule has 0 aliphatic carbocycles. The van der Waals surface area contributed by atoms with Gasteiger partial charge in [0.25, 0.3) is 0 Å². The molecule has 2 heterocycles. The van der Waals surface area contributed by atoms with Crippen molar-refractivity contribution in [3.63, 3.8) is 0 Å². The number of carbonyl (C=O) groups is 1. The van der Waals surface area contributed by atoms with Crippen molar-refractivity contribution in [2.75, 3.05) is 30.8 Å². The van der Waals surface area contributed by atoms with E-state index in [2.05, 4.69) is 35.4 Å². The third-order valence-corrected chi connectivity index (χ3v) is 5.59. The second-order valence-electron chi connectivity index (χ2n) is 7.95. The highest BCUT2D eigenvalue weighted by molar-refractivity contribution is 5.90. The number of nitrogens with zero attached hydrogens (tertiary/aromatic N) is 2. The molecule has 13 heteroatoms. The van der Waals surface area contributed by atoms with E-state index in [1.165, 1.54) is 32.1 Å². The van der Waals surface area contributed by atoms with Gasteiger partial charge in [-0.3, -0.25) is 5.32 Å². The highest BCUT2D eigenvalue weighted by Crippen LogP contribution is 2.41. The summed E-state index contributed by atoms with van der Waals surface area (Å²) >= 11 is 0. The van der Waals surface area contributed by atoms with E-state index >= 15 is 0 Å². The second kappa shape index (κ2) is 11.5. The Balaban J connectivity index is 2.11. The Kier molecular flexibility index (Phi) is 8.66. The molecule has 3 rings (SSSR count). The van der Waals surface area contributed by atoms with Gasteiger partial charge in [0.2, 0.25) is 5.95 Å². The fourth-order valence-corrected chi connectivity index (χ4v) is 3.93. The number of benzene rings is 1. The molecule has 8 nitrogen and oxygen atoms in total. The Hall–Kier alpha value is -3.48. The number of methoxy groups -OCH3 is 1. The first-order chi connectivity index (χ1) is 17.0. The Morgan fingerprint density at radius 2 is 2.06 bits per heavy atom. The number of ether oxygens (including phenoxy) is 2. The minimum atomic E-state index is -4.78. The van der Waals surface area contributed by atoms with Crippen molar-refractivity contribution in [2.24, 2.45) is 0 Å². The fourth-order valence-electron chi connectivity index (χ4n) is 3.93. The van der Waals surface area contributed by atoms with Crippen molar-refractivity contribution in [1.82, 2.24) is 15.3 Å². The van der Waals surface area contributed by atoms with E-state index in [-0.39, 0.29) is 34.4 Å².